The predicted molar refractivity (Wildman–Crippen MR) is 118 cm³/mol. The summed E-state index contributed by atoms with van der Waals surface area (Å²) in [5.41, 5.74) is 1.41. The number of hydrogen-bond donors (Lipinski definition) is 1. The van der Waals surface area contributed by atoms with Crippen LogP contribution in [0.3, 0.4) is 0 Å². The van der Waals surface area contributed by atoms with E-state index in [0.717, 1.165) is 51.9 Å². The first-order chi connectivity index (χ1) is 14.1. The highest BCUT2D eigenvalue weighted by Crippen LogP contribution is 2.36. The zero-order valence-electron chi connectivity index (χ0n) is 17.1. The summed E-state index contributed by atoms with van der Waals surface area (Å²) in [6, 6.07) is 7.44. The molecule has 1 saturated heterocycles. The Balaban J connectivity index is 1.67. The first-order valence-corrected chi connectivity index (χ1v) is 10.9. The Morgan fingerprint density at radius 1 is 1.31 bits per heavy atom. The van der Waals surface area contributed by atoms with Crippen LogP contribution < -0.4 is 15.0 Å². The third-order valence-electron chi connectivity index (χ3n) is 5.25. The second-order valence-corrected chi connectivity index (χ2v) is 8.72. The SMILES string of the molecule is CCOc1ccc(NC(=O)c2c(C)sc3ncnc(N4CCC[C@@H](C)C4)c23)cc1. The summed E-state index contributed by atoms with van der Waals surface area (Å²) in [7, 11) is 0. The van der Waals surface area contributed by atoms with Crippen molar-refractivity contribution < 1.29 is 9.53 Å². The van der Waals surface area contributed by atoms with Crippen molar-refractivity contribution in [2.24, 2.45) is 5.92 Å². The lowest BCUT2D eigenvalue weighted by molar-refractivity contribution is 0.102. The molecule has 7 heteroatoms. The van der Waals surface area contributed by atoms with Gasteiger partial charge in [-0.25, -0.2) is 9.97 Å². The number of anilines is 2. The number of fused-ring (bicyclic) bond motifs is 1. The van der Waals surface area contributed by atoms with E-state index in [1.54, 1.807) is 17.7 Å². The molecule has 0 bridgehead atoms. The Kier molecular flexibility index (Phi) is 5.67. The minimum absolute atomic E-state index is 0.126. The van der Waals surface area contributed by atoms with E-state index in [-0.39, 0.29) is 5.91 Å². The van der Waals surface area contributed by atoms with Gasteiger partial charge in [-0.1, -0.05) is 6.92 Å². The van der Waals surface area contributed by atoms with Crippen LogP contribution in [0.1, 0.15) is 41.9 Å². The number of carbonyl (C=O) groups excluding carboxylic acids is 1. The lowest BCUT2D eigenvalue weighted by Crippen LogP contribution is -2.35. The summed E-state index contributed by atoms with van der Waals surface area (Å²) in [6.07, 6.45) is 3.99. The van der Waals surface area contributed by atoms with Gasteiger partial charge in [0.15, 0.2) is 0 Å². The minimum Gasteiger partial charge on any atom is -0.494 e. The molecular weight excluding hydrogens is 384 g/mol. The van der Waals surface area contributed by atoms with E-state index < -0.39 is 0 Å². The number of piperidine rings is 1. The van der Waals surface area contributed by atoms with E-state index in [1.807, 2.05) is 38.1 Å². The number of hydrogen-bond acceptors (Lipinski definition) is 6. The van der Waals surface area contributed by atoms with Crippen LogP contribution in [0.25, 0.3) is 10.2 Å². The van der Waals surface area contributed by atoms with Gasteiger partial charge in [-0.2, -0.15) is 0 Å². The van der Waals surface area contributed by atoms with Gasteiger partial charge in [0.2, 0.25) is 0 Å². The fraction of sp³-hybridized carbons (Fsp3) is 0.409. The molecular formula is C22H26N4O2S. The number of nitrogens with one attached hydrogen (secondary N) is 1. The van der Waals surface area contributed by atoms with Crippen LogP contribution in [0.4, 0.5) is 11.5 Å². The molecule has 0 saturated carbocycles. The van der Waals surface area contributed by atoms with E-state index in [9.17, 15) is 4.79 Å². The Labute approximate surface area is 174 Å². The number of benzene rings is 1. The number of carbonyl (C=O) groups is 1. The molecule has 0 radical (unpaired) electrons. The highest BCUT2D eigenvalue weighted by molar-refractivity contribution is 7.19. The normalized spacial score (nSPS) is 16.8. The van der Waals surface area contributed by atoms with Gasteiger partial charge < -0.3 is 15.0 Å². The molecule has 0 aliphatic carbocycles. The molecule has 0 unspecified atom stereocenters. The van der Waals surface area contributed by atoms with Crippen molar-refractivity contribution in [2.45, 2.75) is 33.6 Å². The molecule has 1 atom stereocenters. The molecule has 2 aromatic heterocycles. The van der Waals surface area contributed by atoms with Gasteiger partial charge in [-0.3, -0.25) is 4.79 Å². The largest absolute Gasteiger partial charge is 0.494 e. The molecule has 1 aromatic carbocycles. The molecule has 1 amide bonds. The maximum Gasteiger partial charge on any atom is 0.257 e. The van der Waals surface area contributed by atoms with Crippen LogP contribution in [0, 0.1) is 12.8 Å². The maximum absolute atomic E-state index is 13.2. The van der Waals surface area contributed by atoms with Crippen molar-refractivity contribution in [1.29, 1.82) is 0 Å². The number of aryl methyl sites for hydroxylation is 1. The molecule has 4 rings (SSSR count). The van der Waals surface area contributed by atoms with E-state index in [4.69, 9.17) is 4.74 Å². The summed E-state index contributed by atoms with van der Waals surface area (Å²) in [4.78, 5) is 26.4. The number of rotatable bonds is 5. The predicted octanol–water partition coefficient (Wildman–Crippen LogP) is 4.89. The lowest BCUT2D eigenvalue weighted by atomic mass is 10.00. The van der Waals surface area contributed by atoms with Crippen molar-refractivity contribution in [3.05, 3.63) is 41.0 Å². The molecule has 1 aliphatic heterocycles. The molecule has 1 N–H and O–H groups in total. The quantitative estimate of drug-likeness (QED) is 0.649. The van der Waals surface area contributed by atoms with E-state index in [0.29, 0.717) is 18.1 Å². The van der Waals surface area contributed by atoms with Crippen molar-refractivity contribution in [1.82, 2.24) is 9.97 Å². The average molecular weight is 411 g/mol. The number of amides is 1. The van der Waals surface area contributed by atoms with Gasteiger partial charge in [-0.05, 0) is 56.9 Å². The smallest absolute Gasteiger partial charge is 0.257 e. The molecule has 1 aliphatic rings. The lowest BCUT2D eigenvalue weighted by Gasteiger charge is -2.32. The summed E-state index contributed by atoms with van der Waals surface area (Å²) in [6.45, 7) is 8.73. The van der Waals surface area contributed by atoms with Crippen molar-refractivity contribution in [3.8, 4) is 5.75 Å². The number of aromatic nitrogens is 2. The first-order valence-electron chi connectivity index (χ1n) is 10.1. The number of ether oxygens (including phenoxy) is 1. The van der Waals surface area contributed by atoms with E-state index >= 15 is 0 Å². The molecule has 0 spiro atoms. The van der Waals surface area contributed by atoms with Crippen LogP contribution in [0.2, 0.25) is 0 Å². The fourth-order valence-electron chi connectivity index (χ4n) is 3.92. The molecule has 3 heterocycles. The Morgan fingerprint density at radius 3 is 2.83 bits per heavy atom. The van der Waals surface area contributed by atoms with Gasteiger partial charge in [0.05, 0.1) is 17.6 Å². The van der Waals surface area contributed by atoms with Gasteiger partial charge in [0, 0.05) is 23.7 Å². The molecule has 6 nitrogen and oxygen atoms in total. The second-order valence-electron chi connectivity index (χ2n) is 7.52. The van der Waals surface area contributed by atoms with Crippen LogP contribution >= 0.6 is 11.3 Å². The Morgan fingerprint density at radius 2 is 2.10 bits per heavy atom. The summed E-state index contributed by atoms with van der Waals surface area (Å²) >= 11 is 1.55. The topological polar surface area (TPSA) is 67.3 Å². The maximum atomic E-state index is 13.2. The highest BCUT2D eigenvalue weighted by atomic mass is 32.1. The zero-order valence-corrected chi connectivity index (χ0v) is 17.9. The standard InChI is InChI=1S/C22H26N4O2S/c1-4-28-17-9-7-16(8-10-17)25-21(27)18-15(3)29-22-19(18)20(23-13-24-22)26-11-5-6-14(2)12-26/h7-10,13-14H,4-6,11-12H2,1-3H3,(H,25,27)/t14-/m1/s1. The van der Waals surface area contributed by atoms with Gasteiger partial charge >= 0.3 is 0 Å². The van der Waals surface area contributed by atoms with Crippen LogP contribution in [0.15, 0.2) is 30.6 Å². The molecule has 29 heavy (non-hydrogen) atoms. The molecule has 152 valence electrons. The average Bonchev–Trinajstić information content (AvgIpc) is 3.05. The van der Waals surface area contributed by atoms with Crippen LogP contribution in [-0.2, 0) is 0 Å². The number of nitrogens with zero attached hydrogens (tertiary/aromatic N) is 3. The summed E-state index contributed by atoms with van der Waals surface area (Å²) < 4.78 is 5.47. The third kappa shape index (κ3) is 4.05. The van der Waals surface area contributed by atoms with Crippen LogP contribution in [-0.4, -0.2) is 35.6 Å². The summed E-state index contributed by atoms with van der Waals surface area (Å²) in [5, 5.41) is 3.89. The van der Waals surface area contributed by atoms with Crippen molar-refractivity contribution in [3.63, 3.8) is 0 Å². The van der Waals surface area contributed by atoms with E-state index in [1.165, 1.54) is 6.42 Å². The molecule has 3 aromatic rings. The van der Waals surface area contributed by atoms with Gasteiger partial charge in [-0.15, -0.1) is 11.3 Å². The Hall–Kier alpha value is -2.67. The van der Waals surface area contributed by atoms with E-state index in [2.05, 4.69) is 27.1 Å². The van der Waals surface area contributed by atoms with Gasteiger partial charge in [0.25, 0.3) is 5.91 Å². The van der Waals surface area contributed by atoms with Crippen molar-refractivity contribution >= 4 is 39.0 Å². The zero-order chi connectivity index (χ0) is 20.4. The Bertz CT molecular complexity index is 1020. The number of thiophene rings is 1. The van der Waals surface area contributed by atoms with Gasteiger partial charge in [0.1, 0.15) is 22.7 Å². The van der Waals surface area contributed by atoms with Crippen LogP contribution in [0.5, 0.6) is 5.75 Å². The monoisotopic (exact) mass is 410 g/mol. The third-order valence-corrected chi connectivity index (χ3v) is 6.26. The first kappa shape index (κ1) is 19.6. The van der Waals surface area contributed by atoms with Crippen molar-refractivity contribution in [2.75, 3.05) is 29.9 Å². The highest BCUT2D eigenvalue weighted by Gasteiger charge is 2.25. The second kappa shape index (κ2) is 8.37. The minimum atomic E-state index is -0.126. The molecule has 1 fully saturated rings. The fourth-order valence-corrected chi connectivity index (χ4v) is 4.90. The summed E-state index contributed by atoms with van der Waals surface area (Å²) in [5.74, 6) is 2.16.